The third-order valence-electron chi connectivity index (χ3n) is 3.34. The number of aromatic nitrogens is 1. The van der Waals surface area contributed by atoms with E-state index < -0.39 is 0 Å². The Morgan fingerprint density at radius 2 is 2.00 bits per heavy atom. The highest BCUT2D eigenvalue weighted by molar-refractivity contribution is 5.47. The van der Waals surface area contributed by atoms with E-state index in [0.717, 1.165) is 42.3 Å². The summed E-state index contributed by atoms with van der Waals surface area (Å²) in [4.78, 5) is 6.71. The molecular weight excluding hydrogens is 262 g/mol. The van der Waals surface area contributed by atoms with Crippen LogP contribution in [0.3, 0.4) is 0 Å². The second-order valence-corrected chi connectivity index (χ2v) is 4.92. The van der Waals surface area contributed by atoms with Gasteiger partial charge < -0.3 is 10.5 Å². The molecule has 0 spiro atoms. The van der Waals surface area contributed by atoms with E-state index in [1.807, 2.05) is 49.5 Å². The van der Waals surface area contributed by atoms with Crippen molar-refractivity contribution in [3.63, 3.8) is 0 Å². The van der Waals surface area contributed by atoms with Crippen LogP contribution < -0.4 is 10.5 Å². The number of ether oxygens (including phenoxy) is 1. The molecule has 21 heavy (non-hydrogen) atoms. The highest BCUT2D eigenvalue weighted by Crippen LogP contribution is 2.23. The lowest BCUT2D eigenvalue weighted by Crippen LogP contribution is -2.23. The zero-order valence-corrected chi connectivity index (χ0v) is 12.7. The quantitative estimate of drug-likeness (QED) is 0.794. The standard InChI is InChI=1S/C17H23N3O/c1-3-20(13-16-7-5-6-10-19-16)12-14-11-15(18)8-9-17(14)21-4-2/h5-11H,3-4,12-13,18H2,1-2H3. The first-order valence-electron chi connectivity index (χ1n) is 7.36. The van der Waals surface area contributed by atoms with E-state index in [4.69, 9.17) is 10.5 Å². The summed E-state index contributed by atoms with van der Waals surface area (Å²) in [7, 11) is 0. The molecule has 0 fully saturated rings. The molecule has 0 atom stereocenters. The van der Waals surface area contributed by atoms with Gasteiger partial charge in [0.2, 0.25) is 0 Å². The minimum Gasteiger partial charge on any atom is -0.494 e. The molecule has 1 aromatic heterocycles. The smallest absolute Gasteiger partial charge is 0.123 e. The van der Waals surface area contributed by atoms with E-state index in [1.54, 1.807) is 0 Å². The number of nitrogens with two attached hydrogens (primary N) is 1. The summed E-state index contributed by atoms with van der Waals surface area (Å²) in [5.74, 6) is 0.908. The Labute approximate surface area is 126 Å². The molecule has 2 N–H and O–H groups in total. The Balaban J connectivity index is 2.12. The molecule has 0 amide bonds. The van der Waals surface area contributed by atoms with Crippen molar-refractivity contribution in [3.8, 4) is 5.75 Å². The second kappa shape index (κ2) is 7.64. The number of nitrogen functional groups attached to an aromatic ring is 1. The van der Waals surface area contributed by atoms with Crippen LogP contribution in [-0.2, 0) is 13.1 Å². The number of hydrogen-bond donors (Lipinski definition) is 1. The topological polar surface area (TPSA) is 51.4 Å². The molecule has 0 aliphatic carbocycles. The van der Waals surface area contributed by atoms with E-state index in [2.05, 4.69) is 16.8 Å². The Bertz CT molecular complexity index is 557. The summed E-state index contributed by atoms with van der Waals surface area (Å²) in [6.07, 6.45) is 1.83. The molecule has 0 unspecified atom stereocenters. The van der Waals surface area contributed by atoms with Crippen molar-refractivity contribution in [3.05, 3.63) is 53.9 Å². The molecule has 4 heteroatoms. The van der Waals surface area contributed by atoms with Gasteiger partial charge in [-0.25, -0.2) is 0 Å². The van der Waals surface area contributed by atoms with Crippen molar-refractivity contribution in [1.82, 2.24) is 9.88 Å². The largest absolute Gasteiger partial charge is 0.494 e. The molecule has 4 nitrogen and oxygen atoms in total. The Hall–Kier alpha value is -2.07. The fraction of sp³-hybridized carbons (Fsp3) is 0.353. The van der Waals surface area contributed by atoms with Gasteiger partial charge in [-0.05, 0) is 43.8 Å². The Morgan fingerprint density at radius 3 is 2.67 bits per heavy atom. The zero-order chi connectivity index (χ0) is 15.1. The van der Waals surface area contributed by atoms with Crippen molar-refractivity contribution in [2.24, 2.45) is 0 Å². The van der Waals surface area contributed by atoms with Crippen molar-refractivity contribution < 1.29 is 4.74 Å². The van der Waals surface area contributed by atoms with Gasteiger partial charge in [-0.15, -0.1) is 0 Å². The van der Waals surface area contributed by atoms with Crippen molar-refractivity contribution in [2.75, 3.05) is 18.9 Å². The predicted molar refractivity (Wildman–Crippen MR) is 86.0 cm³/mol. The van der Waals surface area contributed by atoms with Crippen LogP contribution in [-0.4, -0.2) is 23.0 Å². The van der Waals surface area contributed by atoms with Crippen LogP contribution >= 0.6 is 0 Å². The maximum atomic E-state index is 5.91. The lowest BCUT2D eigenvalue weighted by molar-refractivity contribution is 0.259. The molecule has 2 rings (SSSR count). The number of benzene rings is 1. The Morgan fingerprint density at radius 1 is 1.14 bits per heavy atom. The number of hydrogen-bond acceptors (Lipinski definition) is 4. The first-order chi connectivity index (χ1) is 10.2. The van der Waals surface area contributed by atoms with Gasteiger partial charge in [0.15, 0.2) is 0 Å². The van der Waals surface area contributed by atoms with Crippen LogP contribution in [0.4, 0.5) is 5.69 Å². The molecule has 0 aliphatic heterocycles. The molecular formula is C17H23N3O. The first-order valence-corrected chi connectivity index (χ1v) is 7.36. The van der Waals surface area contributed by atoms with E-state index in [9.17, 15) is 0 Å². The van der Waals surface area contributed by atoms with Gasteiger partial charge in [0.05, 0.1) is 12.3 Å². The molecule has 112 valence electrons. The van der Waals surface area contributed by atoms with E-state index in [0.29, 0.717) is 6.61 Å². The maximum absolute atomic E-state index is 5.91. The van der Waals surface area contributed by atoms with Crippen LogP contribution in [0.1, 0.15) is 25.1 Å². The van der Waals surface area contributed by atoms with Crippen LogP contribution in [0, 0.1) is 0 Å². The average Bonchev–Trinajstić information content (AvgIpc) is 2.50. The number of rotatable bonds is 7. The lowest BCUT2D eigenvalue weighted by atomic mass is 10.1. The van der Waals surface area contributed by atoms with Crippen LogP contribution in [0.5, 0.6) is 5.75 Å². The van der Waals surface area contributed by atoms with Crippen molar-refractivity contribution >= 4 is 5.69 Å². The molecule has 0 aliphatic rings. The van der Waals surface area contributed by atoms with Crippen LogP contribution in [0.2, 0.25) is 0 Å². The Kier molecular flexibility index (Phi) is 5.58. The van der Waals surface area contributed by atoms with E-state index in [-0.39, 0.29) is 0 Å². The minimum absolute atomic E-state index is 0.656. The minimum atomic E-state index is 0.656. The highest BCUT2D eigenvalue weighted by Gasteiger charge is 2.10. The van der Waals surface area contributed by atoms with Gasteiger partial charge in [0.25, 0.3) is 0 Å². The van der Waals surface area contributed by atoms with E-state index in [1.165, 1.54) is 0 Å². The zero-order valence-electron chi connectivity index (χ0n) is 12.7. The highest BCUT2D eigenvalue weighted by atomic mass is 16.5. The summed E-state index contributed by atoms with van der Waals surface area (Å²) in [6.45, 7) is 7.35. The van der Waals surface area contributed by atoms with Crippen molar-refractivity contribution in [2.45, 2.75) is 26.9 Å². The van der Waals surface area contributed by atoms with Gasteiger partial charge in [0.1, 0.15) is 5.75 Å². The fourth-order valence-electron chi connectivity index (χ4n) is 2.26. The average molecular weight is 285 g/mol. The first kappa shape index (κ1) is 15.3. The summed E-state index contributed by atoms with van der Waals surface area (Å²) in [6, 6.07) is 11.8. The van der Waals surface area contributed by atoms with Gasteiger partial charge in [0, 0.05) is 30.5 Å². The summed E-state index contributed by atoms with van der Waals surface area (Å²) >= 11 is 0. The van der Waals surface area contributed by atoms with Gasteiger partial charge in [-0.2, -0.15) is 0 Å². The molecule has 0 radical (unpaired) electrons. The van der Waals surface area contributed by atoms with Gasteiger partial charge in [-0.3, -0.25) is 9.88 Å². The monoisotopic (exact) mass is 285 g/mol. The van der Waals surface area contributed by atoms with E-state index >= 15 is 0 Å². The maximum Gasteiger partial charge on any atom is 0.123 e. The number of pyridine rings is 1. The molecule has 2 aromatic rings. The molecule has 1 heterocycles. The number of nitrogens with zero attached hydrogens (tertiary/aromatic N) is 2. The van der Waals surface area contributed by atoms with Crippen LogP contribution in [0.25, 0.3) is 0 Å². The molecule has 0 saturated carbocycles. The molecule has 0 bridgehead atoms. The third kappa shape index (κ3) is 4.46. The SMILES string of the molecule is CCOc1ccc(N)cc1CN(CC)Cc1ccccn1. The van der Waals surface area contributed by atoms with Gasteiger partial charge in [-0.1, -0.05) is 13.0 Å². The lowest BCUT2D eigenvalue weighted by Gasteiger charge is -2.22. The second-order valence-electron chi connectivity index (χ2n) is 4.92. The normalized spacial score (nSPS) is 10.8. The predicted octanol–water partition coefficient (Wildman–Crippen LogP) is 3.08. The van der Waals surface area contributed by atoms with Crippen LogP contribution in [0.15, 0.2) is 42.6 Å². The summed E-state index contributed by atoms with van der Waals surface area (Å²) in [5, 5.41) is 0. The molecule has 1 aromatic carbocycles. The van der Waals surface area contributed by atoms with Gasteiger partial charge >= 0.3 is 0 Å². The van der Waals surface area contributed by atoms with Crippen molar-refractivity contribution in [1.29, 1.82) is 0 Å². The molecule has 0 saturated heterocycles. The summed E-state index contributed by atoms with van der Waals surface area (Å²) < 4.78 is 5.69. The number of anilines is 1. The third-order valence-corrected chi connectivity index (χ3v) is 3.34. The summed E-state index contributed by atoms with van der Waals surface area (Å²) in [5.41, 5.74) is 8.86. The fourth-order valence-corrected chi connectivity index (χ4v) is 2.26.